The summed E-state index contributed by atoms with van der Waals surface area (Å²) >= 11 is 3.27. The highest BCUT2D eigenvalue weighted by atomic mass is 79.9. The third kappa shape index (κ3) is 3.62. The first-order chi connectivity index (χ1) is 11.8. The van der Waals surface area contributed by atoms with Gasteiger partial charge in [-0.05, 0) is 15.9 Å². The van der Waals surface area contributed by atoms with E-state index in [-0.39, 0.29) is 18.3 Å². The first kappa shape index (κ1) is 18.4. The van der Waals surface area contributed by atoms with Crippen molar-refractivity contribution in [3.05, 3.63) is 22.5 Å². The van der Waals surface area contributed by atoms with Crippen LogP contribution in [0.4, 0.5) is 0 Å². The summed E-state index contributed by atoms with van der Waals surface area (Å²) in [5, 5.41) is 0. The summed E-state index contributed by atoms with van der Waals surface area (Å²) in [7, 11) is -0.0573. The Labute approximate surface area is 154 Å². The van der Waals surface area contributed by atoms with Gasteiger partial charge in [-0.3, -0.25) is 4.79 Å². The molecule has 1 fully saturated rings. The van der Waals surface area contributed by atoms with E-state index < -0.39 is 10.0 Å². The average Bonchev–Trinajstić information content (AvgIpc) is 3.10. The quantitative estimate of drug-likeness (QED) is 0.708. The molecule has 3 heterocycles. The van der Waals surface area contributed by atoms with Crippen LogP contribution in [0, 0.1) is 0 Å². The summed E-state index contributed by atoms with van der Waals surface area (Å²) < 4.78 is 38.5. The smallest absolute Gasteiger partial charge is 0.270 e. The number of aryl methyl sites for hydroxylation is 1. The number of hydrogen-bond donors (Lipinski definition) is 0. The Balaban J connectivity index is 1.69. The highest BCUT2D eigenvalue weighted by Gasteiger charge is 2.30. The number of aromatic nitrogens is 1. The van der Waals surface area contributed by atoms with Crippen LogP contribution in [0.2, 0.25) is 0 Å². The number of nitrogens with zero attached hydrogens (tertiary/aromatic N) is 3. The summed E-state index contributed by atoms with van der Waals surface area (Å²) in [6.45, 7) is 1.48. The van der Waals surface area contributed by atoms with Crippen LogP contribution in [0.15, 0.2) is 21.2 Å². The molecule has 2 aromatic rings. The van der Waals surface area contributed by atoms with Gasteiger partial charge >= 0.3 is 0 Å². The molecule has 1 amide bonds. The van der Waals surface area contributed by atoms with E-state index in [1.165, 1.54) is 11.4 Å². The van der Waals surface area contributed by atoms with Crippen LogP contribution in [-0.4, -0.2) is 73.7 Å². The molecule has 0 unspecified atom stereocenters. The van der Waals surface area contributed by atoms with Crippen LogP contribution in [0.5, 0.6) is 0 Å². The van der Waals surface area contributed by atoms with Crippen LogP contribution < -0.4 is 0 Å². The van der Waals surface area contributed by atoms with Gasteiger partial charge in [-0.15, -0.1) is 0 Å². The second-order valence-electron chi connectivity index (χ2n) is 5.89. The molecule has 1 saturated heterocycles. The number of ether oxygens (including phenoxy) is 1. The molecule has 10 heteroatoms. The normalized spacial score (nSPS) is 16.7. The second kappa shape index (κ2) is 7.10. The van der Waals surface area contributed by atoms with Crippen LogP contribution >= 0.6 is 15.9 Å². The Bertz CT molecular complexity index is 880. The number of sulfonamides is 1. The van der Waals surface area contributed by atoms with E-state index in [1.807, 2.05) is 13.1 Å². The van der Waals surface area contributed by atoms with E-state index in [9.17, 15) is 13.2 Å². The third-order valence-corrected chi connectivity index (χ3v) is 6.61. The molecule has 0 aliphatic carbocycles. The van der Waals surface area contributed by atoms with E-state index in [2.05, 4.69) is 15.9 Å². The lowest BCUT2D eigenvalue weighted by Gasteiger charge is -2.34. The summed E-state index contributed by atoms with van der Waals surface area (Å²) in [6, 6.07) is 3.52. The molecule has 0 N–H and O–H groups in total. The van der Waals surface area contributed by atoms with Gasteiger partial charge in [0.25, 0.3) is 5.91 Å². The molecule has 0 radical (unpaired) electrons. The lowest BCUT2D eigenvalue weighted by Crippen LogP contribution is -2.51. The predicted molar refractivity (Wildman–Crippen MR) is 96.0 cm³/mol. The van der Waals surface area contributed by atoms with E-state index in [0.29, 0.717) is 42.1 Å². The van der Waals surface area contributed by atoms with Crippen molar-refractivity contribution in [3.63, 3.8) is 0 Å². The monoisotopic (exact) mass is 433 g/mol. The predicted octanol–water partition coefficient (Wildman–Crippen LogP) is 1.27. The highest BCUT2D eigenvalue weighted by molar-refractivity contribution is 9.10. The fraction of sp³-hybridized carbons (Fsp3) is 0.533. The Morgan fingerprint density at radius 2 is 1.96 bits per heavy atom. The lowest BCUT2D eigenvalue weighted by atomic mass is 10.3. The van der Waals surface area contributed by atoms with Gasteiger partial charge in [-0.2, -0.15) is 4.31 Å². The van der Waals surface area contributed by atoms with Gasteiger partial charge in [-0.1, -0.05) is 0 Å². The van der Waals surface area contributed by atoms with E-state index in [0.717, 1.165) is 5.52 Å². The van der Waals surface area contributed by atoms with E-state index in [4.69, 9.17) is 9.15 Å². The van der Waals surface area contributed by atoms with Gasteiger partial charge < -0.3 is 18.6 Å². The van der Waals surface area contributed by atoms with Crippen molar-refractivity contribution in [1.82, 2.24) is 13.8 Å². The van der Waals surface area contributed by atoms with Crippen molar-refractivity contribution in [2.45, 2.75) is 0 Å². The van der Waals surface area contributed by atoms with Gasteiger partial charge in [0.15, 0.2) is 10.3 Å². The Kier molecular flexibility index (Phi) is 5.24. The minimum Gasteiger partial charge on any atom is -0.448 e. The zero-order valence-electron chi connectivity index (χ0n) is 14.1. The summed E-state index contributed by atoms with van der Waals surface area (Å²) in [4.78, 5) is 14.4. The molecular weight excluding hydrogens is 414 g/mol. The number of fused-ring (bicyclic) bond motifs is 1. The number of hydrogen-bond acceptors (Lipinski definition) is 5. The fourth-order valence-corrected chi connectivity index (χ4v) is 4.68. The van der Waals surface area contributed by atoms with Gasteiger partial charge in [0, 0.05) is 52.5 Å². The van der Waals surface area contributed by atoms with E-state index in [1.54, 1.807) is 15.5 Å². The number of furan rings is 1. The third-order valence-electron chi connectivity index (χ3n) is 4.38. The molecular formula is C15H20BrN3O5S. The SMILES string of the molecule is COCCS(=O)(=O)N1CCN(C(=O)c2cc3oc(Br)cc3n2C)CC1. The van der Waals surface area contributed by atoms with Crippen molar-refractivity contribution in [3.8, 4) is 0 Å². The Hall–Kier alpha value is -1.36. The summed E-state index contributed by atoms with van der Waals surface area (Å²) in [6.07, 6.45) is 0. The summed E-state index contributed by atoms with van der Waals surface area (Å²) in [5.41, 5.74) is 1.99. The van der Waals surface area contributed by atoms with Gasteiger partial charge in [0.1, 0.15) is 5.69 Å². The van der Waals surface area contributed by atoms with Crippen molar-refractivity contribution in [2.75, 3.05) is 45.6 Å². The number of piperazine rings is 1. The zero-order valence-corrected chi connectivity index (χ0v) is 16.5. The van der Waals surface area contributed by atoms with Crippen molar-refractivity contribution >= 4 is 43.0 Å². The summed E-state index contributed by atoms with van der Waals surface area (Å²) in [5.74, 6) is -0.167. The number of carbonyl (C=O) groups is 1. The molecule has 25 heavy (non-hydrogen) atoms. The van der Waals surface area contributed by atoms with Crippen LogP contribution in [0.25, 0.3) is 11.1 Å². The van der Waals surface area contributed by atoms with Crippen molar-refractivity contribution in [2.24, 2.45) is 7.05 Å². The van der Waals surface area contributed by atoms with Crippen molar-refractivity contribution in [1.29, 1.82) is 0 Å². The molecule has 1 aliphatic rings. The minimum absolute atomic E-state index is 0.0411. The standard InChI is InChI=1S/C15H20BrN3O5S/c1-17-11-10-14(16)24-13(11)9-12(17)15(20)18-3-5-19(6-4-18)25(21,22)8-7-23-2/h9-10H,3-8H2,1-2H3. The van der Waals surface area contributed by atoms with Gasteiger partial charge in [0.2, 0.25) is 10.0 Å². The first-order valence-electron chi connectivity index (χ1n) is 7.84. The molecule has 0 saturated carbocycles. The van der Waals surface area contributed by atoms with Crippen LogP contribution in [0.1, 0.15) is 10.5 Å². The number of amides is 1. The van der Waals surface area contributed by atoms with Crippen molar-refractivity contribution < 1.29 is 22.4 Å². The lowest BCUT2D eigenvalue weighted by molar-refractivity contribution is 0.0688. The fourth-order valence-electron chi connectivity index (χ4n) is 2.94. The van der Waals surface area contributed by atoms with Crippen LogP contribution in [-0.2, 0) is 21.8 Å². The molecule has 138 valence electrons. The minimum atomic E-state index is -3.34. The molecule has 0 atom stereocenters. The first-order valence-corrected chi connectivity index (χ1v) is 10.2. The molecule has 0 spiro atoms. The number of carbonyl (C=O) groups excluding carboxylic acids is 1. The Morgan fingerprint density at radius 3 is 2.56 bits per heavy atom. The van der Waals surface area contributed by atoms with E-state index >= 15 is 0 Å². The molecule has 2 aromatic heterocycles. The Morgan fingerprint density at radius 1 is 1.28 bits per heavy atom. The number of methoxy groups -OCH3 is 1. The second-order valence-corrected chi connectivity index (χ2v) is 8.76. The molecule has 1 aliphatic heterocycles. The zero-order chi connectivity index (χ0) is 18.2. The highest BCUT2D eigenvalue weighted by Crippen LogP contribution is 2.27. The number of rotatable bonds is 5. The maximum absolute atomic E-state index is 12.8. The molecule has 0 bridgehead atoms. The topological polar surface area (TPSA) is 85.0 Å². The maximum Gasteiger partial charge on any atom is 0.270 e. The van der Waals surface area contributed by atoms with Crippen LogP contribution in [0.3, 0.4) is 0 Å². The van der Waals surface area contributed by atoms with Gasteiger partial charge in [0.05, 0.1) is 17.9 Å². The number of halogens is 1. The molecule has 3 rings (SSSR count). The van der Waals surface area contributed by atoms with Gasteiger partial charge in [-0.25, -0.2) is 8.42 Å². The average molecular weight is 434 g/mol. The largest absolute Gasteiger partial charge is 0.448 e. The molecule has 8 nitrogen and oxygen atoms in total. The molecule has 0 aromatic carbocycles. The maximum atomic E-state index is 12.8.